The van der Waals surface area contributed by atoms with Crippen LogP contribution in [-0.4, -0.2) is 51.3 Å². The summed E-state index contributed by atoms with van der Waals surface area (Å²) in [5.41, 5.74) is 4.64. The minimum absolute atomic E-state index is 0.173. The molecule has 0 amide bonds. The molecule has 0 heterocycles. The van der Waals surface area contributed by atoms with E-state index < -0.39 is 46.7 Å². The van der Waals surface area contributed by atoms with E-state index in [1.807, 2.05) is 152 Å². The molecule has 5 aromatic rings. The van der Waals surface area contributed by atoms with E-state index in [1.165, 1.54) is 0 Å². The van der Waals surface area contributed by atoms with E-state index >= 15 is 0 Å². The second-order valence-electron chi connectivity index (χ2n) is 12.6. The quantitative estimate of drug-likeness (QED) is 0.0933. The number of hydrogen-bond acceptors (Lipinski definition) is 8. The van der Waals surface area contributed by atoms with Crippen molar-refractivity contribution in [2.24, 2.45) is 0 Å². The number of hydrogen-bond donors (Lipinski definition) is 0. The normalized spacial score (nSPS) is 22.1. The highest BCUT2D eigenvalue weighted by Crippen LogP contribution is 2.37. The molecule has 1 fully saturated rings. The number of benzene rings is 5. The average Bonchev–Trinajstić information content (AvgIpc) is 3.16. The fourth-order valence-electron chi connectivity index (χ4n) is 6.21. The summed E-state index contributed by atoms with van der Waals surface area (Å²) in [6.45, 7) is 1.03. The van der Waals surface area contributed by atoms with Crippen LogP contribution >= 0.6 is 0 Å². The Hall–Kier alpha value is -4.19. The highest BCUT2D eigenvalue weighted by molar-refractivity contribution is 7.86. The third-order valence-corrected chi connectivity index (χ3v) is 9.23. The number of ether oxygens (including phenoxy) is 5. The molecule has 0 saturated heterocycles. The Balaban J connectivity index is 1.43. The van der Waals surface area contributed by atoms with Crippen LogP contribution in [0.4, 0.5) is 0 Å². The zero-order valence-electron chi connectivity index (χ0n) is 28.6. The lowest BCUT2D eigenvalue weighted by molar-refractivity contribution is -0.278. The SMILES string of the molecule is CS(=O)(=O)OC1[C@@H](OCc2ccccc2)[C@H](OCc2ccccc2)C(OCc2ccccc2)[C@H](OCc2ccccc2)[C@H]1OCc1ccccc1. The molecular weight excluding hydrogens is 665 g/mol. The molecule has 1 aliphatic carbocycles. The molecule has 0 spiro atoms. The Bertz CT molecular complexity index is 1730. The molecule has 6 atom stereocenters. The first-order valence-corrected chi connectivity index (χ1v) is 18.9. The lowest BCUT2D eigenvalue weighted by Crippen LogP contribution is -2.67. The fourth-order valence-corrected chi connectivity index (χ4v) is 6.84. The monoisotopic (exact) mass is 708 g/mol. The summed E-state index contributed by atoms with van der Waals surface area (Å²) in [6.07, 6.45) is -4.43. The Morgan fingerprint density at radius 3 is 0.745 bits per heavy atom. The number of rotatable bonds is 17. The standard InChI is InChI=1S/C42H44O8S/c1-51(43,44)50-42-40(48-30-35-23-13-5-14-24-35)38(46-28-33-19-9-3-10-20-33)37(45-27-32-17-7-2-8-18-32)39(47-29-34-21-11-4-12-22-34)41(42)49-31-36-25-15-6-16-26-36/h2-26,37-42H,27-31H2,1H3/t37?,38-,39+,40+,41-,42?. The maximum atomic E-state index is 13.1. The maximum absolute atomic E-state index is 13.1. The van der Waals surface area contributed by atoms with Crippen LogP contribution in [0.15, 0.2) is 152 Å². The van der Waals surface area contributed by atoms with Crippen molar-refractivity contribution in [1.29, 1.82) is 0 Å². The predicted octanol–water partition coefficient (Wildman–Crippen LogP) is 7.27. The van der Waals surface area contributed by atoms with Gasteiger partial charge >= 0.3 is 0 Å². The minimum Gasteiger partial charge on any atom is -0.368 e. The van der Waals surface area contributed by atoms with Crippen molar-refractivity contribution in [1.82, 2.24) is 0 Å². The summed E-state index contributed by atoms with van der Waals surface area (Å²) in [5, 5.41) is 0. The molecule has 0 bridgehead atoms. The Morgan fingerprint density at radius 1 is 0.353 bits per heavy atom. The molecule has 5 aromatic carbocycles. The molecule has 2 unspecified atom stereocenters. The first-order valence-electron chi connectivity index (χ1n) is 17.1. The first kappa shape index (κ1) is 36.6. The molecule has 1 saturated carbocycles. The van der Waals surface area contributed by atoms with Gasteiger partial charge in [0.15, 0.2) is 0 Å². The topological polar surface area (TPSA) is 89.5 Å². The summed E-state index contributed by atoms with van der Waals surface area (Å²) in [5.74, 6) is 0. The third-order valence-electron chi connectivity index (χ3n) is 8.66. The van der Waals surface area contributed by atoms with Crippen LogP contribution in [0.1, 0.15) is 27.8 Å². The van der Waals surface area contributed by atoms with Crippen LogP contribution in [-0.2, 0) is 71.0 Å². The van der Waals surface area contributed by atoms with Crippen LogP contribution in [0.2, 0.25) is 0 Å². The van der Waals surface area contributed by atoms with Gasteiger partial charge in [-0.2, -0.15) is 8.42 Å². The van der Waals surface area contributed by atoms with Gasteiger partial charge in [-0.15, -0.1) is 0 Å². The van der Waals surface area contributed by atoms with Crippen molar-refractivity contribution in [2.75, 3.05) is 6.26 Å². The van der Waals surface area contributed by atoms with Gasteiger partial charge in [0.05, 0.1) is 39.3 Å². The van der Waals surface area contributed by atoms with Crippen molar-refractivity contribution in [2.45, 2.75) is 69.7 Å². The Labute approximate surface area is 301 Å². The van der Waals surface area contributed by atoms with Crippen molar-refractivity contribution in [3.05, 3.63) is 179 Å². The van der Waals surface area contributed by atoms with Crippen LogP contribution in [0, 0.1) is 0 Å². The van der Waals surface area contributed by atoms with E-state index in [-0.39, 0.29) is 33.0 Å². The summed E-state index contributed by atoms with van der Waals surface area (Å²) >= 11 is 0. The Morgan fingerprint density at radius 2 is 0.549 bits per heavy atom. The molecule has 0 N–H and O–H groups in total. The summed E-state index contributed by atoms with van der Waals surface area (Å²) in [6, 6.07) is 48.8. The molecule has 51 heavy (non-hydrogen) atoms. The second kappa shape index (κ2) is 18.3. The molecule has 8 nitrogen and oxygen atoms in total. The van der Waals surface area contributed by atoms with Gasteiger partial charge in [-0.1, -0.05) is 152 Å². The smallest absolute Gasteiger partial charge is 0.264 e. The van der Waals surface area contributed by atoms with E-state index in [9.17, 15) is 8.42 Å². The summed E-state index contributed by atoms with van der Waals surface area (Å²) in [7, 11) is -4.02. The van der Waals surface area contributed by atoms with Crippen LogP contribution in [0.3, 0.4) is 0 Å². The highest BCUT2D eigenvalue weighted by Gasteiger charge is 2.56. The van der Waals surface area contributed by atoms with Crippen molar-refractivity contribution in [3.63, 3.8) is 0 Å². The van der Waals surface area contributed by atoms with Crippen LogP contribution in [0.5, 0.6) is 0 Å². The molecule has 9 heteroatoms. The van der Waals surface area contributed by atoms with E-state index in [4.69, 9.17) is 27.9 Å². The lowest BCUT2D eigenvalue weighted by Gasteiger charge is -2.49. The summed E-state index contributed by atoms with van der Waals surface area (Å²) in [4.78, 5) is 0. The largest absolute Gasteiger partial charge is 0.368 e. The first-order chi connectivity index (χ1) is 24.9. The predicted molar refractivity (Wildman–Crippen MR) is 195 cm³/mol. The zero-order chi connectivity index (χ0) is 35.3. The van der Waals surface area contributed by atoms with Gasteiger partial charge in [0.25, 0.3) is 10.1 Å². The van der Waals surface area contributed by atoms with Gasteiger partial charge < -0.3 is 23.7 Å². The van der Waals surface area contributed by atoms with Crippen molar-refractivity contribution < 1.29 is 36.3 Å². The molecule has 6 rings (SSSR count). The van der Waals surface area contributed by atoms with E-state index in [0.717, 1.165) is 34.1 Å². The molecule has 0 aliphatic heterocycles. The summed E-state index contributed by atoms with van der Waals surface area (Å²) < 4.78 is 65.7. The van der Waals surface area contributed by atoms with E-state index in [1.54, 1.807) is 0 Å². The van der Waals surface area contributed by atoms with Crippen molar-refractivity contribution >= 4 is 10.1 Å². The second-order valence-corrected chi connectivity index (χ2v) is 14.2. The molecule has 266 valence electrons. The van der Waals surface area contributed by atoms with Crippen LogP contribution < -0.4 is 0 Å². The average molecular weight is 709 g/mol. The van der Waals surface area contributed by atoms with Gasteiger partial charge in [-0.25, -0.2) is 0 Å². The van der Waals surface area contributed by atoms with Crippen molar-refractivity contribution in [3.8, 4) is 0 Å². The zero-order valence-corrected chi connectivity index (χ0v) is 29.4. The van der Waals surface area contributed by atoms with E-state index in [2.05, 4.69) is 0 Å². The lowest BCUT2D eigenvalue weighted by atomic mass is 9.83. The van der Waals surface area contributed by atoms with Gasteiger partial charge in [0.1, 0.15) is 36.6 Å². The maximum Gasteiger partial charge on any atom is 0.264 e. The third kappa shape index (κ3) is 10.9. The van der Waals surface area contributed by atoms with Crippen LogP contribution in [0.25, 0.3) is 0 Å². The molecule has 0 aromatic heterocycles. The van der Waals surface area contributed by atoms with E-state index in [0.29, 0.717) is 0 Å². The van der Waals surface area contributed by atoms with Gasteiger partial charge in [-0.3, -0.25) is 4.18 Å². The minimum atomic E-state index is -4.02. The van der Waals surface area contributed by atoms with Gasteiger partial charge in [-0.05, 0) is 27.8 Å². The Kier molecular flexibility index (Phi) is 13.2. The molecule has 0 radical (unpaired) electrons. The fraction of sp³-hybridized carbons (Fsp3) is 0.286. The molecule has 1 aliphatic rings. The van der Waals surface area contributed by atoms with Gasteiger partial charge in [0.2, 0.25) is 0 Å². The molecular formula is C42H44O8S. The van der Waals surface area contributed by atoms with Gasteiger partial charge in [0, 0.05) is 0 Å². The highest BCUT2D eigenvalue weighted by atomic mass is 32.2.